The number of Topliss-reactive ketones (excluding diaryl/α,β-unsaturated/α-hetero) is 1. The fourth-order valence-corrected chi connectivity index (χ4v) is 2.28. The van der Waals surface area contributed by atoms with Gasteiger partial charge in [-0.1, -0.05) is 0 Å². The molecule has 1 aromatic rings. The number of carbonyl (C=O) groups is 1. The minimum absolute atomic E-state index is 0.0283. The van der Waals surface area contributed by atoms with Crippen LogP contribution >= 0.6 is 38.5 Å². The number of carbonyl (C=O) groups excluding carboxylic acids is 1. The molecule has 0 amide bonds. The summed E-state index contributed by atoms with van der Waals surface area (Å²) >= 11 is 5.01. The number of halogens is 2. The van der Waals surface area contributed by atoms with E-state index in [1.165, 1.54) is 19.1 Å². The molecule has 0 unspecified atom stereocenters. The number of hydrogen-bond acceptors (Lipinski definition) is 3. The first-order valence-corrected chi connectivity index (χ1v) is 5.45. The van der Waals surface area contributed by atoms with E-state index in [0.717, 1.165) is 0 Å². The molecule has 4 nitrogen and oxygen atoms in total. The third-order valence-corrected chi connectivity index (χ3v) is 4.30. The number of rotatable bonds is 2. The zero-order valence-electron chi connectivity index (χ0n) is 7.08. The fourth-order valence-electron chi connectivity index (χ4n) is 0.952. The van der Waals surface area contributed by atoms with Crippen molar-refractivity contribution in [3.63, 3.8) is 0 Å². The molecule has 0 radical (unpaired) electrons. The predicted octanol–water partition coefficient (Wildman–Crippen LogP) is 3.16. The largest absolute Gasteiger partial charge is 0.294 e. The van der Waals surface area contributed by atoms with E-state index in [2.05, 4.69) is 15.9 Å². The van der Waals surface area contributed by atoms with Crippen molar-refractivity contribution < 1.29 is 9.72 Å². The van der Waals surface area contributed by atoms with Crippen molar-refractivity contribution in [2.75, 3.05) is 0 Å². The van der Waals surface area contributed by atoms with Crippen LogP contribution in [0.4, 0.5) is 5.69 Å². The summed E-state index contributed by atoms with van der Waals surface area (Å²) < 4.78 is 0.931. The molecule has 0 saturated carbocycles. The Morgan fingerprint density at radius 3 is 2.57 bits per heavy atom. The summed E-state index contributed by atoms with van der Waals surface area (Å²) in [5.41, 5.74) is 0.461. The third-order valence-electron chi connectivity index (χ3n) is 1.64. The van der Waals surface area contributed by atoms with Crippen LogP contribution in [0, 0.1) is 13.7 Å². The summed E-state index contributed by atoms with van der Waals surface area (Å²) in [6.45, 7) is 1.43. The molecule has 0 aliphatic carbocycles. The predicted molar refractivity (Wildman–Crippen MR) is 63.5 cm³/mol. The molecular formula is C8H5BrINO3. The van der Waals surface area contributed by atoms with Crippen LogP contribution in [-0.4, -0.2) is 10.7 Å². The topological polar surface area (TPSA) is 60.2 Å². The second-order valence-corrected chi connectivity index (χ2v) is 4.45. The lowest BCUT2D eigenvalue weighted by Gasteiger charge is -2.02. The first kappa shape index (κ1) is 11.6. The molecule has 0 N–H and O–H groups in total. The van der Waals surface area contributed by atoms with E-state index in [1.807, 2.05) is 22.6 Å². The Morgan fingerprint density at radius 2 is 2.14 bits per heavy atom. The van der Waals surface area contributed by atoms with Crippen LogP contribution in [0.5, 0.6) is 0 Å². The van der Waals surface area contributed by atoms with Gasteiger partial charge in [0.2, 0.25) is 0 Å². The summed E-state index contributed by atoms with van der Waals surface area (Å²) in [6.07, 6.45) is 0. The minimum Gasteiger partial charge on any atom is -0.294 e. The van der Waals surface area contributed by atoms with E-state index >= 15 is 0 Å². The Kier molecular flexibility index (Phi) is 3.59. The van der Waals surface area contributed by atoms with Crippen LogP contribution in [-0.2, 0) is 0 Å². The molecule has 6 heteroatoms. The van der Waals surface area contributed by atoms with Crippen LogP contribution in [0.15, 0.2) is 16.6 Å². The fraction of sp³-hybridized carbons (Fsp3) is 0.125. The zero-order valence-corrected chi connectivity index (χ0v) is 10.8. The van der Waals surface area contributed by atoms with Crippen LogP contribution in [0.3, 0.4) is 0 Å². The van der Waals surface area contributed by atoms with Crippen molar-refractivity contribution in [1.29, 1.82) is 0 Å². The molecular weight excluding hydrogens is 365 g/mol. The smallest absolute Gasteiger partial charge is 0.284 e. The molecule has 0 aliphatic heterocycles. The highest BCUT2D eigenvalue weighted by Crippen LogP contribution is 2.32. The Bertz CT molecular complexity index is 380. The molecule has 0 aromatic heterocycles. The average Bonchev–Trinajstić information content (AvgIpc) is 2.08. The Morgan fingerprint density at radius 1 is 1.57 bits per heavy atom. The molecule has 0 heterocycles. The highest BCUT2D eigenvalue weighted by Gasteiger charge is 2.18. The van der Waals surface area contributed by atoms with Crippen molar-refractivity contribution >= 4 is 50.0 Å². The van der Waals surface area contributed by atoms with Gasteiger partial charge in [-0.25, -0.2) is 0 Å². The molecule has 1 aromatic carbocycles. The van der Waals surface area contributed by atoms with Crippen molar-refractivity contribution in [1.82, 2.24) is 0 Å². The van der Waals surface area contributed by atoms with Crippen molar-refractivity contribution in [2.24, 2.45) is 0 Å². The van der Waals surface area contributed by atoms with Gasteiger partial charge in [-0.05, 0) is 51.5 Å². The van der Waals surface area contributed by atoms with Crippen LogP contribution in [0.25, 0.3) is 0 Å². The number of nitro benzene ring substituents is 1. The lowest BCUT2D eigenvalue weighted by Crippen LogP contribution is -1.99. The van der Waals surface area contributed by atoms with E-state index in [0.29, 0.717) is 13.6 Å². The van der Waals surface area contributed by atoms with Gasteiger partial charge in [-0.3, -0.25) is 14.9 Å². The maximum Gasteiger partial charge on any atom is 0.284 e. The average molecular weight is 370 g/mol. The van der Waals surface area contributed by atoms with Gasteiger partial charge in [0.25, 0.3) is 5.69 Å². The van der Waals surface area contributed by atoms with Gasteiger partial charge >= 0.3 is 0 Å². The van der Waals surface area contributed by atoms with Crippen molar-refractivity contribution in [3.8, 4) is 0 Å². The number of benzene rings is 1. The molecule has 14 heavy (non-hydrogen) atoms. The summed E-state index contributed by atoms with van der Waals surface area (Å²) in [5, 5.41) is 10.5. The van der Waals surface area contributed by atoms with Gasteiger partial charge in [0.05, 0.1) is 4.92 Å². The second-order valence-electron chi connectivity index (χ2n) is 2.57. The second kappa shape index (κ2) is 4.35. The molecule has 0 saturated heterocycles. The first-order valence-electron chi connectivity index (χ1n) is 3.58. The lowest BCUT2D eigenvalue weighted by atomic mass is 10.1. The van der Waals surface area contributed by atoms with E-state index in [4.69, 9.17) is 0 Å². The van der Waals surface area contributed by atoms with E-state index in [9.17, 15) is 14.9 Å². The van der Waals surface area contributed by atoms with Crippen LogP contribution in [0.1, 0.15) is 17.3 Å². The highest BCUT2D eigenvalue weighted by molar-refractivity contribution is 14.1. The molecule has 0 atom stereocenters. The number of hydrogen-bond donors (Lipinski definition) is 0. The third kappa shape index (κ3) is 2.11. The lowest BCUT2D eigenvalue weighted by molar-refractivity contribution is -0.385. The van der Waals surface area contributed by atoms with E-state index < -0.39 is 4.92 Å². The SMILES string of the molecule is CC(=O)c1ccc([N+](=O)[O-])c(Br)c1I. The van der Waals surface area contributed by atoms with Gasteiger partial charge in [-0.15, -0.1) is 0 Å². The quantitative estimate of drug-likeness (QED) is 0.348. The molecule has 0 spiro atoms. The number of ketones is 1. The first-order chi connectivity index (χ1) is 6.45. The van der Waals surface area contributed by atoms with Crippen LogP contribution in [0.2, 0.25) is 0 Å². The summed E-state index contributed by atoms with van der Waals surface area (Å²) in [6, 6.07) is 2.79. The van der Waals surface area contributed by atoms with Gasteiger partial charge in [0.15, 0.2) is 5.78 Å². The monoisotopic (exact) mass is 369 g/mol. The van der Waals surface area contributed by atoms with Gasteiger partial charge in [0.1, 0.15) is 4.47 Å². The van der Waals surface area contributed by atoms with E-state index in [-0.39, 0.29) is 11.5 Å². The number of nitrogens with zero attached hydrogens (tertiary/aromatic N) is 1. The standard InChI is InChI=1S/C8H5BrINO3/c1-4(12)5-2-3-6(11(13)14)7(9)8(5)10/h2-3H,1H3. The maximum absolute atomic E-state index is 11.1. The van der Waals surface area contributed by atoms with E-state index in [1.54, 1.807) is 0 Å². The van der Waals surface area contributed by atoms with Crippen molar-refractivity contribution in [3.05, 3.63) is 35.9 Å². The minimum atomic E-state index is -0.490. The van der Waals surface area contributed by atoms with Gasteiger partial charge < -0.3 is 0 Å². The van der Waals surface area contributed by atoms with Gasteiger partial charge in [0, 0.05) is 15.2 Å². The van der Waals surface area contributed by atoms with Crippen molar-refractivity contribution in [2.45, 2.75) is 6.92 Å². The molecule has 0 aliphatic rings. The molecule has 0 bridgehead atoms. The molecule has 0 fully saturated rings. The molecule has 1 rings (SSSR count). The normalized spacial score (nSPS) is 9.93. The Labute approximate surface area is 102 Å². The summed E-state index contributed by atoms with van der Waals surface area (Å²) in [5.74, 6) is -0.106. The Hall–Kier alpha value is -0.500. The Balaban J connectivity index is 3.41. The van der Waals surface area contributed by atoms with Gasteiger partial charge in [-0.2, -0.15) is 0 Å². The van der Waals surface area contributed by atoms with Crippen LogP contribution < -0.4 is 0 Å². The summed E-state index contributed by atoms with van der Waals surface area (Å²) in [4.78, 5) is 21.2. The summed E-state index contributed by atoms with van der Waals surface area (Å²) in [7, 11) is 0. The number of nitro groups is 1. The molecule has 74 valence electrons. The zero-order chi connectivity index (χ0) is 10.9. The maximum atomic E-state index is 11.1. The highest BCUT2D eigenvalue weighted by atomic mass is 127.